The van der Waals surface area contributed by atoms with E-state index in [9.17, 15) is 9.90 Å². The van der Waals surface area contributed by atoms with Gasteiger partial charge in [0.25, 0.3) is 0 Å². The fourth-order valence-corrected chi connectivity index (χ4v) is 1.96. The lowest BCUT2D eigenvalue weighted by molar-refractivity contribution is 0.0163. The Morgan fingerprint density at radius 1 is 1.33 bits per heavy atom. The number of aliphatic hydroxyl groups is 1. The van der Waals surface area contributed by atoms with Gasteiger partial charge in [-0.05, 0) is 41.0 Å². The monoisotopic (exact) mass is 302 g/mol. The maximum atomic E-state index is 12.1. The zero-order valence-electron chi connectivity index (χ0n) is 14.6. The summed E-state index contributed by atoms with van der Waals surface area (Å²) in [5.74, 6) is 0. The fourth-order valence-electron chi connectivity index (χ4n) is 1.96. The number of nitrogens with one attached hydrogen (secondary N) is 1. The molecule has 2 unspecified atom stereocenters. The molecule has 0 aliphatic carbocycles. The van der Waals surface area contributed by atoms with Crippen molar-refractivity contribution < 1.29 is 14.6 Å². The van der Waals surface area contributed by atoms with Crippen molar-refractivity contribution in [2.75, 3.05) is 19.6 Å². The summed E-state index contributed by atoms with van der Waals surface area (Å²) in [4.78, 5) is 13.7. The summed E-state index contributed by atoms with van der Waals surface area (Å²) in [7, 11) is 0. The van der Waals surface area contributed by atoms with Crippen LogP contribution in [0.2, 0.25) is 0 Å². The van der Waals surface area contributed by atoms with E-state index in [2.05, 4.69) is 19.2 Å². The molecule has 2 atom stereocenters. The first-order chi connectivity index (χ1) is 9.65. The lowest BCUT2D eigenvalue weighted by Crippen LogP contribution is -2.44. The minimum absolute atomic E-state index is 0.292. The minimum Gasteiger partial charge on any atom is -0.444 e. The van der Waals surface area contributed by atoms with E-state index in [1.54, 1.807) is 11.8 Å². The Morgan fingerprint density at radius 3 is 2.43 bits per heavy atom. The number of carbonyl (C=O) groups is 1. The molecule has 0 heterocycles. The third-order valence-electron chi connectivity index (χ3n) is 3.00. The SMILES string of the molecule is CCCCC(C)NCCN(CC(C)O)C(=O)OC(C)(C)C. The molecule has 126 valence electrons. The molecule has 1 amide bonds. The third-order valence-corrected chi connectivity index (χ3v) is 3.00. The topological polar surface area (TPSA) is 61.8 Å². The van der Waals surface area contributed by atoms with Crippen molar-refractivity contribution in [3.63, 3.8) is 0 Å². The maximum absolute atomic E-state index is 12.1. The molecule has 0 rings (SSSR count). The van der Waals surface area contributed by atoms with Gasteiger partial charge in [-0.2, -0.15) is 0 Å². The number of aliphatic hydroxyl groups excluding tert-OH is 1. The first-order valence-corrected chi connectivity index (χ1v) is 8.05. The smallest absolute Gasteiger partial charge is 0.410 e. The number of ether oxygens (including phenoxy) is 1. The third kappa shape index (κ3) is 11.5. The van der Waals surface area contributed by atoms with E-state index in [0.29, 0.717) is 25.7 Å². The van der Waals surface area contributed by atoms with Gasteiger partial charge < -0.3 is 20.1 Å². The van der Waals surface area contributed by atoms with E-state index in [4.69, 9.17) is 4.74 Å². The van der Waals surface area contributed by atoms with Crippen LogP contribution in [-0.2, 0) is 4.74 Å². The van der Waals surface area contributed by atoms with Gasteiger partial charge in [-0.1, -0.05) is 19.8 Å². The van der Waals surface area contributed by atoms with Crippen molar-refractivity contribution in [1.82, 2.24) is 10.2 Å². The summed E-state index contributed by atoms with van der Waals surface area (Å²) in [6, 6.07) is 0.442. The Morgan fingerprint density at radius 2 is 1.95 bits per heavy atom. The number of rotatable bonds is 9. The first-order valence-electron chi connectivity index (χ1n) is 8.05. The van der Waals surface area contributed by atoms with Gasteiger partial charge in [0.15, 0.2) is 0 Å². The molecule has 5 nitrogen and oxygen atoms in total. The van der Waals surface area contributed by atoms with Crippen LogP contribution in [0.5, 0.6) is 0 Å². The second-order valence-corrected chi connectivity index (χ2v) is 6.77. The number of unbranched alkanes of at least 4 members (excludes halogenated alkanes) is 1. The highest BCUT2D eigenvalue weighted by Gasteiger charge is 2.22. The lowest BCUT2D eigenvalue weighted by Gasteiger charge is -2.28. The Labute approximate surface area is 130 Å². The molecule has 0 aromatic rings. The van der Waals surface area contributed by atoms with Crippen molar-refractivity contribution in [1.29, 1.82) is 0 Å². The van der Waals surface area contributed by atoms with E-state index in [-0.39, 0.29) is 6.09 Å². The van der Waals surface area contributed by atoms with Gasteiger partial charge in [0.2, 0.25) is 0 Å². The van der Waals surface area contributed by atoms with Crippen LogP contribution in [0, 0.1) is 0 Å². The normalized spacial score (nSPS) is 14.6. The van der Waals surface area contributed by atoms with Crippen LogP contribution in [0.4, 0.5) is 4.79 Å². The number of amides is 1. The van der Waals surface area contributed by atoms with Gasteiger partial charge in [-0.25, -0.2) is 4.79 Å². The van der Waals surface area contributed by atoms with Gasteiger partial charge in [-0.15, -0.1) is 0 Å². The Hall–Kier alpha value is -0.810. The zero-order valence-corrected chi connectivity index (χ0v) is 14.6. The summed E-state index contributed by atoms with van der Waals surface area (Å²) in [6.45, 7) is 13.1. The van der Waals surface area contributed by atoms with E-state index < -0.39 is 11.7 Å². The highest BCUT2D eigenvalue weighted by Crippen LogP contribution is 2.10. The molecule has 0 bridgehead atoms. The van der Waals surface area contributed by atoms with Gasteiger partial charge in [0, 0.05) is 25.7 Å². The molecule has 0 saturated heterocycles. The summed E-state index contributed by atoms with van der Waals surface area (Å²) < 4.78 is 5.37. The van der Waals surface area contributed by atoms with Crippen LogP contribution in [-0.4, -0.2) is 53.5 Å². The van der Waals surface area contributed by atoms with Crippen LogP contribution in [0.25, 0.3) is 0 Å². The van der Waals surface area contributed by atoms with Crippen LogP contribution >= 0.6 is 0 Å². The molecule has 0 aliphatic rings. The zero-order chi connectivity index (χ0) is 16.5. The van der Waals surface area contributed by atoms with Crippen molar-refractivity contribution in [2.24, 2.45) is 0 Å². The highest BCUT2D eigenvalue weighted by molar-refractivity contribution is 5.68. The molecular formula is C16H34N2O3. The number of hydrogen-bond donors (Lipinski definition) is 2. The fraction of sp³-hybridized carbons (Fsp3) is 0.938. The Balaban J connectivity index is 4.27. The summed E-state index contributed by atoms with van der Waals surface area (Å²) in [6.07, 6.45) is 2.61. The second-order valence-electron chi connectivity index (χ2n) is 6.77. The van der Waals surface area contributed by atoms with Gasteiger partial charge in [0.1, 0.15) is 5.60 Å². The first kappa shape index (κ1) is 20.2. The highest BCUT2D eigenvalue weighted by atomic mass is 16.6. The molecule has 0 radical (unpaired) electrons. The number of hydrogen-bond acceptors (Lipinski definition) is 4. The van der Waals surface area contributed by atoms with Crippen LogP contribution < -0.4 is 5.32 Å². The molecule has 5 heteroatoms. The molecule has 21 heavy (non-hydrogen) atoms. The predicted molar refractivity (Wildman–Crippen MR) is 86.5 cm³/mol. The minimum atomic E-state index is -0.560. The predicted octanol–water partition coefficient (Wildman–Crippen LogP) is 2.77. The van der Waals surface area contributed by atoms with Crippen molar-refractivity contribution in [3.05, 3.63) is 0 Å². The van der Waals surface area contributed by atoms with Crippen molar-refractivity contribution >= 4 is 6.09 Å². The summed E-state index contributed by atoms with van der Waals surface area (Å²) in [5.41, 5.74) is -0.518. The van der Waals surface area contributed by atoms with Crippen LogP contribution in [0.15, 0.2) is 0 Å². The molecular weight excluding hydrogens is 268 g/mol. The maximum Gasteiger partial charge on any atom is 0.410 e. The number of nitrogens with zero attached hydrogens (tertiary/aromatic N) is 1. The lowest BCUT2D eigenvalue weighted by atomic mass is 10.1. The molecule has 2 N–H and O–H groups in total. The quantitative estimate of drug-likeness (QED) is 0.687. The molecule has 0 fully saturated rings. The average Bonchev–Trinajstić information content (AvgIpc) is 2.32. The van der Waals surface area contributed by atoms with E-state index >= 15 is 0 Å². The standard InChI is InChI=1S/C16H34N2O3/c1-7-8-9-13(2)17-10-11-18(12-14(3)19)15(20)21-16(4,5)6/h13-14,17,19H,7-12H2,1-6H3. The van der Waals surface area contributed by atoms with E-state index in [0.717, 1.165) is 6.42 Å². The molecule has 0 aromatic heterocycles. The van der Waals surface area contributed by atoms with Gasteiger partial charge >= 0.3 is 6.09 Å². The van der Waals surface area contributed by atoms with E-state index in [1.165, 1.54) is 12.8 Å². The largest absolute Gasteiger partial charge is 0.444 e. The van der Waals surface area contributed by atoms with Crippen LogP contribution in [0.1, 0.15) is 60.8 Å². The van der Waals surface area contributed by atoms with Crippen molar-refractivity contribution in [3.8, 4) is 0 Å². The number of carbonyl (C=O) groups excluding carboxylic acids is 1. The van der Waals surface area contributed by atoms with Crippen LogP contribution in [0.3, 0.4) is 0 Å². The summed E-state index contributed by atoms with van der Waals surface area (Å²) >= 11 is 0. The Bertz CT molecular complexity index is 288. The summed E-state index contributed by atoms with van der Waals surface area (Å²) in [5, 5.41) is 12.9. The molecule has 0 aromatic carbocycles. The van der Waals surface area contributed by atoms with Gasteiger partial charge in [-0.3, -0.25) is 0 Å². The van der Waals surface area contributed by atoms with Crippen molar-refractivity contribution in [2.45, 2.75) is 78.6 Å². The van der Waals surface area contributed by atoms with E-state index in [1.807, 2.05) is 20.8 Å². The second kappa shape index (κ2) is 10.0. The molecule has 0 aliphatic heterocycles. The molecule has 0 saturated carbocycles. The Kier molecular flexibility index (Phi) is 9.62. The average molecular weight is 302 g/mol. The molecule has 0 spiro atoms. The van der Waals surface area contributed by atoms with Gasteiger partial charge in [0.05, 0.1) is 6.10 Å².